The van der Waals surface area contributed by atoms with Gasteiger partial charge in [-0.05, 0) is 16.8 Å². The third kappa shape index (κ3) is 3.31. The fourth-order valence-electron chi connectivity index (χ4n) is 1.71. The summed E-state index contributed by atoms with van der Waals surface area (Å²) >= 11 is 16.5. The van der Waals surface area contributed by atoms with E-state index in [-0.39, 0.29) is 0 Å². The van der Waals surface area contributed by atoms with Gasteiger partial charge in [0.25, 0.3) is 5.91 Å². The summed E-state index contributed by atoms with van der Waals surface area (Å²) in [4.78, 5) is 12.1. The average Bonchev–Trinajstić information content (AvgIpc) is 2.36. The van der Waals surface area contributed by atoms with Crippen LogP contribution in [0.2, 0.25) is 0 Å². The molecule has 19 heavy (non-hydrogen) atoms. The van der Waals surface area contributed by atoms with Gasteiger partial charge in [0.1, 0.15) is 0 Å². The lowest BCUT2D eigenvalue weighted by Crippen LogP contribution is -2.43. The number of hydrogen-bond donors (Lipinski definition) is 2. The first kappa shape index (κ1) is 14.4. The first-order chi connectivity index (χ1) is 8.89. The van der Waals surface area contributed by atoms with Crippen molar-refractivity contribution in [3.63, 3.8) is 0 Å². The average molecular weight is 319 g/mol. The maximum atomic E-state index is 12.1. The van der Waals surface area contributed by atoms with Crippen molar-refractivity contribution in [3.05, 3.63) is 48.0 Å². The predicted octanol–water partition coefficient (Wildman–Crippen LogP) is 3.26. The molecule has 0 saturated heterocycles. The van der Waals surface area contributed by atoms with Gasteiger partial charge in [-0.1, -0.05) is 71.2 Å². The highest BCUT2D eigenvalue weighted by Gasteiger charge is 2.32. The topological polar surface area (TPSA) is 49.3 Å². The molecule has 0 saturated carbocycles. The van der Waals surface area contributed by atoms with E-state index in [4.69, 9.17) is 34.8 Å². The Morgan fingerprint density at radius 2 is 1.74 bits per heavy atom. The third-order valence-electron chi connectivity index (χ3n) is 2.61. The van der Waals surface area contributed by atoms with Gasteiger partial charge in [0.2, 0.25) is 3.79 Å². The van der Waals surface area contributed by atoms with E-state index in [0.717, 1.165) is 10.8 Å². The molecular weight excluding hydrogens is 309 g/mol. The van der Waals surface area contributed by atoms with Gasteiger partial charge in [-0.15, -0.1) is 0 Å². The first-order valence-electron chi connectivity index (χ1n) is 5.43. The minimum atomic E-state index is -1.97. The zero-order valence-corrected chi connectivity index (χ0v) is 11.9. The molecule has 2 rings (SSSR count). The minimum Gasteiger partial charge on any atom is -0.369 e. The summed E-state index contributed by atoms with van der Waals surface area (Å²) in [6.07, 6.45) is -1.58. The molecule has 0 aromatic heterocycles. The lowest BCUT2D eigenvalue weighted by molar-refractivity contribution is 0.0793. The molecule has 2 aromatic carbocycles. The molecule has 1 atom stereocenters. The molecule has 0 bridgehead atoms. The van der Waals surface area contributed by atoms with Gasteiger partial charge in [0, 0.05) is 5.56 Å². The SMILES string of the molecule is O=C(NC(O)C(Cl)(Cl)Cl)c1cccc2ccccc12. The van der Waals surface area contributed by atoms with Crippen molar-refractivity contribution in [2.45, 2.75) is 10.0 Å². The number of nitrogens with one attached hydrogen (secondary N) is 1. The Balaban J connectivity index is 2.32. The molecule has 0 aliphatic carbocycles. The van der Waals surface area contributed by atoms with Crippen LogP contribution in [0.4, 0.5) is 0 Å². The Hall–Kier alpha value is -1.00. The van der Waals surface area contributed by atoms with Crippen molar-refractivity contribution in [3.8, 4) is 0 Å². The Bertz CT molecular complexity index is 605. The van der Waals surface area contributed by atoms with E-state index < -0.39 is 15.9 Å². The van der Waals surface area contributed by atoms with Crippen LogP contribution >= 0.6 is 34.8 Å². The second kappa shape index (κ2) is 5.55. The van der Waals surface area contributed by atoms with Crippen molar-refractivity contribution < 1.29 is 9.90 Å². The van der Waals surface area contributed by atoms with Crippen LogP contribution in [0.5, 0.6) is 0 Å². The molecule has 1 amide bonds. The van der Waals surface area contributed by atoms with E-state index in [1.54, 1.807) is 12.1 Å². The van der Waals surface area contributed by atoms with Crippen LogP contribution in [0, 0.1) is 0 Å². The number of halogens is 3. The van der Waals surface area contributed by atoms with Crippen LogP contribution < -0.4 is 5.32 Å². The molecule has 0 heterocycles. The number of alkyl halides is 3. The normalized spacial score (nSPS) is 13.3. The maximum Gasteiger partial charge on any atom is 0.254 e. The second-order valence-corrected chi connectivity index (χ2v) is 6.31. The van der Waals surface area contributed by atoms with Gasteiger partial charge in [0.05, 0.1) is 0 Å². The fraction of sp³-hybridized carbons (Fsp3) is 0.154. The van der Waals surface area contributed by atoms with Crippen molar-refractivity contribution >= 4 is 51.5 Å². The maximum absolute atomic E-state index is 12.1. The first-order valence-corrected chi connectivity index (χ1v) is 6.56. The Morgan fingerprint density at radius 1 is 1.11 bits per heavy atom. The van der Waals surface area contributed by atoms with Crippen LogP contribution in [0.3, 0.4) is 0 Å². The Kier molecular flexibility index (Phi) is 4.21. The number of carbonyl (C=O) groups is 1. The molecule has 0 aliphatic rings. The van der Waals surface area contributed by atoms with Gasteiger partial charge < -0.3 is 10.4 Å². The van der Waals surface area contributed by atoms with Crippen LogP contribution in [0.1, 0.15) is 10.4 Å². The molecule has 0 spiro atoms. The van der Waals surface area contributed by atoms with E-state index in [9.17, 15) is 9.90 Å². The standard InChI is InChI=1S/C13H10Cl3NO2/c14-13(15,16)12(19)17-11(18)10-7-3-5-8-4-1-2-6-9(8)10/h1-7,12,19H,(H,17,18). The zero-order chi connectivity index (χ0) is 14.0. The van der Waals surface area contributed by atoms with Gasteiger partial charge in [-0.2, -0.15) is 0 Å². The zero-order valence-electron chi connectivity index (χ0n) is 9.61. The highest BCUT2D eigenvalue weighted by Crippen LogP contribution is 2.29. The molecule has 2 aromatic rings. The number of amides is 1. The van der Waals surface area contributed by atoms with Crippen molar-refractivity contribution in [1.29, 1.82) is 0 Å². The third-order valence-corrected chi connectivity index (χ3v) is 3.23. The van der Waals surface area contributed by atoms with Gasteiger partial charge in [-0.3, -0.25) is 4.79 Å². The molecule has 3 nitrogen and oxygen atoms in total. The van der Waals surface area contributed by atoms with E-state index in [1.165, 1.54) is 0 Å². The molecule has 100 valence electrons. The van der Waals surface area contributed by atoms with Crippen molar-refractivity contribution in [1.82, 2.24) is 5.32 Å². The highest BCUT2D eigenvalue weighted by atomic mass is 35.6. The predicted molar refractivity (Wildman–Crippen MR) is 77.7 cm³/mol. The van der Waals surface area contributed by atoms with Crippen LogP contribution in [0.25, 0.3) is 10.8 Å². The minimum absolute atomic E-state index is 0.409. The van der Waals surface area contributed by atoms with Crippen LogP contribution in [0.15, 0.2) is 42.5 Å². The molecule has 6 heteroatoms. The molecule has 2 N–H and O–H groups in total. The summed E-state index contributed by atoms with van der Waals surface area (Å²) in [5.74, 6) is -0.504. The summed E-state index contributed by atoms with van der Waals surface area (Å²) in [5.41, 5.74) is 0.409. The van der Waals surface area contributed by atoms with Crippen molar-refractivity contribution in [2.75, 3.05) is 0 Å². The highest BCUT2D eigenvalue weighted by molar-refractivity contribution is 6.68. The number of aliphatic hydroxyl groups excluding tert-OH is 1. The molecule has 1 unspecified atom stereocenters. The van der Waals surface area contributed by atoms with E-state index in [1.807, 2.05) is 30.3 Å². The number of aliphatic hydroxyl groups is 1. The van der Waals surface area contributed by atoms with E-state index in [0.29, 0.717) is 5.56 Å². The molecule has 0 radical (unpaired) electrons. The van der Waals surface area contributed by atoms with Gasteiger partial charge in [-0.25, -0.2) is 0 Å². The van der Waals surface area contributed by atoms with Gasteiger partial charge in [0.15, 0.2) is 6.23 Å². The summed E-state index contributed by atoms with van der Waals surface area (Å²) in [5, 5.41) is 13.5. The summed E-state index contributed by atoms with van der Waals surface area (Å²) in [7, 11) is 0. The number of hydrogen-bond acceptors (Lipinski definition) is 2. The second-order valence-electron chi connectivity index (χ2n) is 3.94. The number of fused-ring (bicyclic) bond motifs is 1. The monoisotopic (exact) mass is 317 g/mol. The largest absolute Gasteiger partial charge is 0.369 e. The number of rotatable bonds is 2. The quantitative estimate of drug-likeness (QED) is 0.659. The summed E-state index contributed by atoms with van der Waals surface area (Å²) in [6.45, 7) is 0. The van der Waals surface area contributed by atoms with Gasteiger partial charge >= 0.3 is 0 Å². The smallest absolute Gasteiger partial charge is 0.254 e. The molecule has 0 aliphatic heterocycles. The lowest BCUT2D eigenvalue weighted by Gasteiger charge is -2.20. The summed E-state index contributed by atoms with van der Waals surface area (Å²) < 4.78 is -1.97. The van der Waals surface area contributed by atoms with E-state index >= 15 is 0 Å². The lowest BCUT2D eigenvalue weighted by atomic mass is 10.0. The Labute approximate surface area is 125 Å². The number of carbonyl (C=O) groups excluding carboxylic acids is 1. The molecule has 0 fully saturated rings. The Morgan fingerprint density at radius 3 is 2.42 bits per heavy atom. The summed E-state index contributed by atoms with van der Waals surface area (Å²) in [6, 6.07) is 12.7. The van der Waals surface area contributed by atoms with E-state index in [2.05, 4.69) is 5.32 Å². The number of benzene rings is 2. The fourth-order valence-corrected chi connectivity index (χ4v) is 1.87. The van der Waals surface area contributed by atoms with Crippen LogP contribution in [-0.4, -0.2) is 21.0 Å². The van der Waals surface area contributed by atoms with Crippen molar-refractivity contribution in [2.24, 2.45) is 0 Å². The molecular formula is C13H10Cl3NO2. The van der Waals surface area contributed by atoms with Crippen LogP contribution in [-0.2, 0) is 0 Å².